The van der Waals surface area contributed by atoms with E-state index < -0.39 is 18.0 Å². The maximum atomic E-state index is 12.2. The van der Waals surface area contributed by atoms with Crippen molar-refractivity contribution in [3.8, 4) is 17.2 Å². The van der Waals surface area contributed by atoms with Gasteiger partial charge in [0, 0.05) is 5.69 Å². The van der Waals surface area contributed by atoms with Crippen LogP contribution in [-0.2, 0) is 20.7 Å². The second-order valence-electron chi connectivity index (χ2n) is 6.55. The van der Waals surface area contributed by atoms with E-state index in [1.807, 2.05) is 60.7 Å². The molecule has 0 aromatic heterocycles. The first kappa shape index (κ1) is 19.8. The van der Waals surface area contributed by atoms with Gasteiger partial charge in [-0.15, -0.1) is 0 Å². The molecule has 3 rings (SSSR count). The highest BCUT2D eigenvalue weighted by Gasteiger charge is 2.18. The zero-order valence-electron chi connectivity index (χ0n) is 16.0. The summed E-state index contributed by atoms with van der Waals surface area (Å²) in [4.78, 5) is 24.4. The third kappa shape index (κ3) is 5.53. The van der Waals surface area contributed by atoms with Crippen molar-refractivity contribution in [2.75, 3.05) is 5.32 Å². The quantitative estimate of drug-likeness (QED) is 0.641. The SMILES string of the molecule is C[C@H](OC(=O)Cc1ccc(-c2ccccc2)cc1)C(=O)Nc1cccc(C#N)c1. The van der Waals surface area contributed by atoms with Gasteiger partial charge in [0.2, 0.25) is 0 Å². The number of amides is 1. The molecule has 0 saturated heterocycles. The van der Waals surface area contributed by atoms with Crippen molar-refractivity contribution in [2.24, 2.45) is 0 Å². The summed E-state index contributed by atoms with van der Waals surface area (Å²) in [6, 6.07) is 26.2. The maximum absolute atomic E-state index is 12.2. The third-order valence-corrected chi connectivity index (χ3v) is 4.35. The van der Waals surface area contributed by atoms with Gasteiger partial charge in [0.05, 0.1) is 18.1 Å². The Hall–Kier alpha value is -3.91. The first-order valence-corrected chi connectivity index (χ1v) is 9.20. The summed E-state index contributed by atoms with van der Waals surface area (Å²) in [5, 5.41) is 11.6. The van der Waals surface area contributed by atoms with Gasteiger partial charge < -0.3 is 10.1 Å². The number of hydrogen-bond acceptors (Lipinski definition) is 4. The number of nitrogens with zero attached hydrogens (tertiary/aromatic N) is 1. The van der Waals surface area contributed by atoms with E-state index in [0.717, 1.165) is 16.7 Å². The van der Waals surface area contributed by atoms with E-state index in [1.54, 1.807) is 24.3 Å². The van der Waals surface area contributed by atoms with Crippen LogP contribution in [0.5, 0.6) is 0 Å². The molecule has 1 N–H and O–H groups in total. The van der Waals surface area contributed by atoms with E-state index >= 15 is 0 Å². The second-order valence-corrected chi connectivity index (χ2v) is 6.55. The van der Waals surface area contributed by atoms with Crippen LogP contribution in [0.2, 0.25) is 0 Å². The van der Waals surface area contributed by atoms with Gasteiger partial charge in [0.1, 0.15) is 0 Å². The summed E-state index contributed by atoms with van der Waals surface area (Å²) in [7, 11) is 0. The van der Waals surface area contributed by atoms with Crippen LogP contribution in [-0.4, -0.2) is 18.0 Å². The first-order chi connectivity index (χ1) is 14.0. The Bertz CT molecular complexity index is 1040. The number of benzene rings is 3. The molecule has 0 spiro atoms. The molecule has 1 amide bonds. The molecular weight excluding hydrogens is 364 g/mol. The van der Waals surface area contributed by atoms with E-state index in [-0.39, 0.29) is 6.42 Å². The fourth-order valence-electron chi connectivity index (χ4n) is 2.82. The predicted octanol–water partition coefficient (Wildman–Crippen LogP) is 4.34. The minimum atomic E-state index is -0.947. The Morgan fingerprint density at radius 2 is 1.66 bits per heavy atom. The highest BCUT2D eigenvalue weighted by Crippen LogP contribution is 2.19. The lowest BCUT2D eigenvalue weighted by molar-refractivity contribution is -0.152. The van der Waals surface area contributed by atoms with Crippen molar-refractivity contribution in [2.45, 2.75) is 19.4 Å². The second kappa shape index (κ2) is 9.34. The molecule has 0 saturated carbocycles. The Kier molecular flexibility index (Phi) is 6.39. The topological polar surface area (TPSA) is 79.2 Å². The third-order valence-electron chi connectivity index (χ3n) is 4.35. The monoisotopic (exact) mass is 384 g/mol. The molecule has 5 nitrogen and oxygen atoms in total. The Morgan fingerprint density at radius 3 is 2.34 bits per heavy atom. The zero-order valence-corrected chi connectivity index (χ0v) is 16.0. The molecular formula is C24H20N2O3. The van der Waals surface area contributed by atoms with Gasteiger partial charge in [0.15, 0.2) is 6.10 Å². The average Bonchev–Trinajstić information content (AvgIpc) is 2.75. The van der Waals surface area contributed by atoms with Crippen LogP contribution in [0.1, 0.15) is 18.1 Å². The average molecular weight is 384 g/mol. The number of anilines is 1. The summed E-state index contributed by atoms with van der Waals surface area (Å²) >= 11 is 0. The van der Waals surface area contributed by atoms with Gasteiger partial charge in [-0.2, -0.15) is 5.26 Å². The Morgan fingerprint density at radius 1 is 0.966 bits per heavy atom. The summed E-state index contributed by atoms with van der Waals surface area (Å²) < 4.78 is 5.24. The van der Waals surface area contributed by atoms with Crippen molar-refractivity contribution < 1.29 is 14.3 Å². The number of hydrogen-bond donors (Lipinski definition) is 1. The van der Waals surface area contributed by atoms with Gasteiger partial charge >= 0.3 is 5.97 Å². The van der Waals surface area contributed by atoms with Crippen molar-refractivity contribution in [1.82, 2.24) is 0 Å². The number of ether oxygens (including phenoxy) is 1. The lowest BCUT2D eigenvalue weighted by Gasteiger charge is -2.14. The van der Waals surface area contributed by atoms with Gasteiger partial charge in [-0.25, -0.2) is 0 Å². The minimum absolute atomic E-state index is 0.0800. The fourth-order valence-corrected chi connectivity index (χ4v) is 2.82. The zero-order chi connectivity index (χ0) is 20.6. The number of carbonyl (C=O) groups is 2. The largest absolute Gasteiger partial charge is 0.452 e. The molecule has 0 unspecified atom stereocenters. The molecule has 0 heterocycles. The Balaban J connectivity index is 1.54. The van der Waals surface area contributed by atoms with E-state index in [4.69, 9.17) is 10.00 Å². The molecule has 0 aliphatic carbocycles. The van der Waals surface area contributed by atoms with Crippen LogP contribution in [0.4, 0.5) is 5.69 Å². The van der Waals surface area contributed by atoms with Gasteiger partial charge in [-0.1, -0.05) is 60.7 Å². The molecule has 0 radical (unpaired) electrons. The molecule has 0 aliphatic heterocycles. The highest BCUT2D eigenvalue weighted by molar-refractivity contribution is 5.95. The minimum Gasteiger partial charge on any atom is -0.452 e. The van der Waals surface area contributed by atoms with E-state index in [9.17, 15) is 9.59 Å². The lowest BCUT2D eigenvalue weighted by atomic mass is 10.0. The molecule has 1 atom stereocenters. The number of nitrogens with one attached hydrogen (secondary N) is 1. The molecule has 0 fully saturated rings. The van der Waals surface area contributed by atoms with Crippen LogP contribution >= 0.6 is 0 Å². The molecule has 29 heavy (non-hydrogen) atoms. The fraction of sp³-hybridized carbons (Fsp3) is 0.125. The van der Waals surface area contributed by atoms with Crippen LogP contribution < -0.4 is 5.32 Å². The number of rotatable bonds is 6. The normalized spacial score (nSPS) is 11.2. The summed E-state index contributed by atoms with van der Waals surface area (Å²) in [6.45, 7) is 1.51. The van der Waals surface area contributed by atoms with E-state index in [0.29, 0.717) is 11.3 Å². The van der Waals surface area contributed by atoms with Crippen molar-refractivity contribution >= 4 is 17.6 Å². The summed E-state index contributed by atoms with van der Waals surface area (Å²) in [5.41, 5.74) is 3.89. The van der Waals surface area contributed by atoms with Crippen LogP contribution in [0.25, 0.3) is 11.1 Å². The molecule has 0 aliphatic rings. The van der Waals surface area contributed by atoms with Crippen molar-refractivity contribution in [3.63, 3.8) is 0 Å². The van der Waals surface area contributed by atoms with Crippen molar-refractivity contribution in [3.05, 3.63) is 90.0 Å². The van der Waals surface area contributed by atoms with Crippen LogP contribution in [0, 0.1) is 11.3 Å². The molecule has 3 aromatic carbocycles. The number of nitriles is 1. The number of carbonyl (C=O) groups excluding carboxylic acids is 2. The Labute approximate surface area is 169 Å². The summed E-state index contributed by atoms with van der Waals surface area (Å²) in [5.74, 6) is -0.932. The smallest absolute Gasteiger partial charge is 0.311 e. The predicted molar refractivity (Wildman–Crippen MR) is 111 cm³/mol. The van der Waals surface area contributed by atoms with Gasteiger partial charge in [-0.3, -0.25) is 9.59 Å². The maximum Gasteiger partial charge on any atom is 0.311 e. The van der Waals surface area contributed by atoms with E-state index in [2.05, 4.69) is 5.32 Å². The first-order valence-electron chi connectivity index (χ1n) is 9.20. The van der Waals surface area contributed by atoms with Gasteiger partial charge in [0.25, 0.3) is 5.91 Å². The molecule has 0 bridgehead atoms. The van der Waals surface area contributed by atoms with Crippen molar-refractivity contribution in [1.29, 1.82) is 5.26 Å². The summed E-state index contributed by atoms with van der Waals surface area (Å²) in [6.07, 6.45) is -0.867. The standard InChI is InChI=1S/C24H20N2O3/c1-17(24(28)26-22-9-5-6-19(14-22)16-25)29-23(27)15-18-10-12-21(13-11-18)20-7-3-2-4-8-20/h2-14,17H,15H2,1H3,(H,26,28)/t17-/m0/s1. The van der Waals surface area contributed by atoms with Crippen LogP contribution in [0.15, 0.2) is 78.9 Å². The molecule has 144 valence electrons. The number of esters is 1. The van der Waals surface area contributed by atoms with Crippen LogP contribution in [0.3, 0.4) is 0 Å². The molecule has 3 aromatic rings. The van der Waals surface area contributed by atoms with Gasteiger partial charge in [-0.05, 0) is 41.8 Å². The lowest BCUT2D eigenvalue weighted by Crippen LogP contribution is -2.30. The molecule has 5 heteroatoms. The highest BCUT2D eigenvalue weighted by atomic mass is 16.5. The van der Waals surface area contributed by atoms with E-state index in [1.165, 1.54) is 6.92 Å².